The second-order valence-corrected chi connectivity index (χ2v) is 7.85. The van der Waals surface area contributed by atoms with Gasteiger partial charge in [-0.15, -0.1) is 0 Å². The molecule has 1 fully saturated rings. The summed E-state index contributed by atoms with van der Waals surface area (Å²) in [5.74, 6) is -3.76. The van der Waals surface area contributed by atoms with Gasteiger partial charge in [-0.25, -0.2) is 4.79 Å². The van der Waals surface area contributed by atoms with Gasteiger partial charge >= 0.3 is 17.9 Å². The van der Waals surface area contributed by atoms with Crippen molar-refractivity contribution in [2.24, 2.45) is 0 Å². The molecule has 0 radical (unpaired) electrons. The molecule has 0 aliphatic carbocycles. The molecule has 1 saturated heterocycles. The summed E-state index contributed by atoms with van der Waals surface area (Å²) in [5.41, 5.74) is -2.62. The van der Waals surface area contributed by atoms with Crippen molar-refractivity contribution in [2.45, 2.75) is 70.1 Å². The zero-order valence-corrected chi connectivity index (χ0v) is 16.2. The topological polar surface area (TPSA) is 129 Å². The van der Waals surface area contributed by atoms with Gasteiger partial charge in [-0.2, -0.15) is 0 Å². The Bertz CT molecular complexity index is 793. The minimum atomic E-state index is -1.88. The van der Waals surface area contributed by atoms with E-state index in [9.17, 15) is 24.6 Å². The second kappa shape index (κ2) is 6.68. The molecule has 0 unspecified atom stereocenters. The second-order valence-electron chi connectivity index (χ2n) is 7.85. The van der Waals surface area contributed by atoms with E-state index in [1.807, 2.05) is 0 Å². The van der Waals surface area contributed by atoms with Gasteiger partial charge in [-0.3, -0.25) is 9.59 Å². The monoisotopic (exact) mass is 396 g/mol. The smallest absolute Gasteiger partial charge is 0.343 e. The average molecular weight is 396 g/mol. The number of fused-ring (bicyclic) bond motifs is 3. The van der Waals surface area contributed by atoms with Gasteiger partial charge in [0.1, 0.15) is 24.1 Å². The van der Waals surface area contributed by atoms with Crippen LogP contribution in [0.15, 0.2) is 23.0 Å². The molecule has 2 bridgehead atoms. The Morgan fingerprint density at radius 1 is 1.21 bits per heavy atom. The molecule has 4 atom stereocenters. The van der Waals surface area contributed by atoms with E-state index in [1.54, 1.807) is 6.92 Å². The Balaban J connectivity index is 2.16. The highest BCUT2D eigenvalue weighted by Gasteiger charge is 2.58. The Morgan fingerprint density at radius 2 is 1.89 bits per heavy atom. The number of hydrogen-bond donors (Lipinski definition) is 2. The number of carbonyl (C=O) groups is 3. The SMILES string of the molecule is CC(=O)OCC1=C2/C(=C\[C@]3(C)CC[C@](O)(O3)[C@@](C)(O)C[C@H]2OC(C)=O)OC1=O. The predicted octanol–water partition coefficient (Wildman–Crippen LogP) is 0.631. The van der Waals surface area contributed by atoms with Crippen LogP contribution in [0, 0.1) is 0 Å². The summed E-state index contributed by atoms with van der Waals surface area (Å²) in [7, 11) is 0. The maximum absolute atomic E-state index is 12.4. The van der Waals surface area contributed by atoms with Crippen molar-refractivity contribution in [3.8, 4) is 0 Å². The molecule has 0 amide bonds. The van der Waals surface area contributed by atoms with E-state index in [-0.39, 0.29) is 36.4 Å². The van der Waals surface area contributed by atoms with E-state index in [4.69, 9.17) is 18.9 Å². The highest BCUT2D eigenvalue weighted by Crippen LogP contribution is 2.49. The molecule has 0 aromatic heterocycles. The third kappa shape index (κ3) is 3.57. The van der Waals surface area contributed by atoms with Crippen LogP contribution in [0.25, 0.3) is 0 Å². The molecule has 0 spiro atoms. The number of rotatable bonds is 3. The van der Waals surface area contributed by atoms with Gasteiger partial charge in [0.05, 0.1) is 11.2 Å². The summed E-state index contributed by atoms with van der Waals surface area (Å²) < 4.78 is 21.5. The first-order valence-electron chi connectivity index (χ1n) is 9.00. The van der Waals surface area contributed by atoms with Crippen LogP contribution < -0.4 is 0 Å². The molecule has 3 aliphatic rings. The quantitative estimate of drug-likeness (QED) is 0.521. The lowest BCUT2D eigenvalue weighted by molar-refractivity contribution is -0.298. The first-order chi connectivity index (χ1) is 12.9. The lowest BCUT2D eigenvalue weighted by Crippen LogP contribution is -2.54. The van der Waals surface area contributed by atoms with Crippen LogP contribution in [0.4, 0.5) is 0 Å². The normalized spacial score (nSPS) is 39.1. The fraction of sp³-hybridized carbons (Fsp3) is 0.632. The molecule has 28 heavy (non-hydrogen) atoms. The lowest BCUT2D eigenvalue weighted by atomic mass is 9.82. The van der Waals surface area contributed by atoms with Gasteiger partial charge in [0.2, 0.25) is 0 Å². The third-order valence-corrected chi connectivity index (χ3v) is 5.31. The number of ether oxygens (including phenoxy) is 4. The van der Waals surface area contributed by atoms with Crippen molar-refractivity contribution in [2.75, 3.05) is 6.61 Å². The maximum Gasteiger partial charge on any atom is 0.343 e. The minimum absolute atomic E-state index is 0.0110. The molecule has 0 aromatic rings. The maximum atomic E-state index is 12.4. The Morgan fingerprint density at radius 3 is 2.50 bits per heavy atom. The molecular formula is C19H24O9. The van der Waals surface area contributed by atoms with Crippen molar-refractivity contribution in [1.82, 2.24) is 0 Å². The summed E-state index contributed by atoms with van der Waals surface area (Å²) in [5, 5.41) is 21.9. The van der Waals surface area contributed by atoms with Crippen LogP contribution in [0.2, 0.25) is 0 Å². The van der Waals surface area contributed by atoms with Crippen LogP contribution >= 0.6 is 0 Å². The summed E-state index contributed by atoms with van der Waals surface area (Å²) in [6, 6.07) is 0. The largest absolute Gasteiger partial charge is 0.461 e. The van der Waals surface area contributed by atoms with E-state index >= 15 is 0 Å². The molecule has 9 nitrogen and oxygen atoms in total. The zero-order chi connectivity index (χ0) is 20.9. The van der Waals surface area contributed by atoms with Crippen LogP contribution in [0.3, 0.4) is 0 Å². The molecule has 3 heterocycles. The molecule has 2 N–H and O–H groups in total. The highest BCUT2D eigenvalue weighted by atomic mass is 16.7. The Hall–Kier alpha value is -2.23. The fourth-order valence-corrected chi connectivity index (χ4v) is 3.83. The third-order valence-electron chi connectivity index (χ3n) is 5.31. The van der Waals surface area contributed by atoms with Crippen molar-refractivity contribution in [3.05, 3.63) is 23.0 Å². The summed E-state index contributed by atoms with van der Waals surface area (Å²) in [6.45, 7) is 5.08. The van der Waals surface area contributed by atoms with E-state index in [1.165, 1.54) is 26.8 Å². The number of carbonyl (C=O) groups excluding carboxylic acids is 3. The van der Waals surface area contributed by atoms with E-state index in [0.717, 1.165) is 0 Å². The van der Waals surface area contributed by atoms with E-state index < -0.39 is 41.0 Å². The number of hydrogen-bond acceptors (Lipinski definition) is 9. The van der Waals surface area contributed by atoms with Crippen LogP contribution in [-0.4, -0.2) is 57.8 Å². The van der Waals surface area contributed by atoms with Crippen molar-refractivity contribution in [1.29, 1.82) is 0 Å². The minimum Gasteiger partial charge on any atom is -0.461 e. The molecule has 154 valence electrons. The molecule has 0 aromatic carbocycles. The fourth-order valence-electron chi connectivity index (χ4n) is 3.83. The van der Waals surface area contributed by atoms with E-state index in [0.29, 0.717) is 6.42 Å². The van der Waals surface area contributed by atoms with Gasteiger partial charge in [0.15, 0.2) is 5.79 Å². The first kappa shape index (κ1) is 20.5. The molecule has 3 aliphatic heterocycles. The van der Waals surface area contributed by atoms with E-state index in [2.05, 4.69) is 0 Å². The molecule has 9 heteroatoms. The van der Waals surface area contributed by atoms with Gasteiger partial charge in [-0.1, -0.05) is 0 Å². The van der Waals surface area contributed by atoms with Gasteiger partial charge < -0.3 is 29.2 Å². The van der Waals surface area contributed by atoms with Gasteiger partial charge in [-0.05, 0) is 26.3 Å². The number of esters is 3. The Labute approximate surface area is 161 Å². The molecular weight excluding hydrogens is 372 g/mol. The van der Waals surface area contributed by atoms with Crippen LogP contribution in [0.5, 0.6) is 0 Å². The first-order valence-corrected chi connectivity index (χ1v) is 9.00. The van der Waals surface area contributed by atoms with Crippen molar-refractivity contribution < 1.29 is 43.5 Å². The van der Waals surface area contributed by atoms with Gasteiger partial charge in [0, 0.05) is 32.3 Å². The van der Waals surface area contributed by atoms with Crippen molar-refractivity contribution >= 4 is 17.9 Å². The van der Waals surface area contributed by atoms with Crippen LogP contribution in [0.1, 0.15) is 47.0 Å². The lowest BCUT2D eigenvalue weighted by Gasteiger charge is -2.40. The van der Waals surface area contributed by atoms with Crippen LogP contribution in [-0.2, 0) is 33.3 Å². The molecule has 0 saturated carbocycles. The number of aliphatic hydroxyl groups is 2. The predicted molar refractivity (Wildman–Crippen MR) is 92.3 cm³/mol. The van der Waals surface area contributed by atoms with Gasteiger partial charge in [0.25, 0.3) is 0 Å². The summed E-state index contributed by atoms with van der Waals surface area (Å²) >= 11 is 0. The zero-order valence-electron chi connectivity index (χ0n) is 16.2. The van der Waals surface area contributed by atoms with Crippen molar-refractivity contribution in [3.63, 3.8) is 0 Å². The molecule has 3 rings (SSSR count). The summed E-state index contributed by atoms with van der Waals surface area (Å²) in [6.07, 6.45) is 0.653. The Kier molecular flexibility index (Phi) is 4.89. The summed E-state index contributed by atoms with van der Waals surface area (Å²) in [4.78, 5) is 35.3. The highest BCUT2D eigenvalue weighted by molar-refractivity contribution is 5.95. The standard InChI is InChI=1S/C19H24O9/c1-10(20)25-9-12-15-13(27-16(12)22)7-17(3)5-6-19(24,28-17)18(4,23)8-14(15)26-11(2)21/h7,14,23-24H,5-6,8-9H2,1-4H3/b13-7+/t14-,17+,18+,19+/m1/s1. The average Bonchev–Trinajstić information content (AvgIpc) is 3.01.